The van der Waals surface area contributed by atoms with E-state index in [4.69, 9.17) is 5.73 Å². The molecule has 0 unspecified atom stereocenters. The summed E-state index contributed by atoms with van der Waals surface area (Å²) in [6.07, 6.45) is 0.900. The zero-order valence-corrected chi connectivity index (χ0v) is 11.7. The van der Waals surface area contributed by atoms with E-state index >= 15 is 0 Å². The molecule has 0 atom stereocenters. The van der Waals surface area contributed by atoms with E-state index in [2.05, 4.69) is 38.6 Å². The fourth-order valence-corrected chi connectivity index (χ4v) is 2.25. The van der Waals surface area contributed by atoms with Crippen LogP contribution in [0.25, 0.3) is 0 Å². The Bertz CT molecular complexity index is 390. The normalized spacial score (nSPS) is 10.5. The van der Waals surface area contributed by atoms with E-state index in [9.17, 15) is 4.79 Å². The number of hydrogen-bond acceptors (Lipinski definition) is 3. The van der Waals surface area contributed by atoms with E-state index in [0.717, 1.165) is 22.3 Å². The summed E-state index contributed by atoms with van der Waals surface area (Å²) in [5, 5.41) is 10.1. The molecule has 0 aliphatic carbocycles. The molecule has 0 saturated carbocycles. The van der Waals surface area contributed by atoms with Crippen LogP contribution in [0.5, 0.6) is 0 Å². The second kappa shape index (κ2) is 6.61. The van der Waals surface area contributed by atoms with Gasteiger partial charge in [0.1, 0.15) is 0 Å². The Labute approximate surface area is 109 Å². The molecule has 7 heteroatoms. The largest absolute Gasteiger partial charge is 0.352 e. The van der Waals surface area contributed by atoms with Crippen molar-refractivity contribution < 1.29 is 4.79 Å². The van der Waals surface area contributed by atoms with Crippen molar-refractivity contribution in [3.8, 4) is 0 Å². The summed E-state index contributed by atoms with van der Waals surface area (Å²) in [5.41, 5.74) is 7.11. The standard InChI is InChI=1S/C10H18BrN5O/c1-3-7-9(11)8(16(2)15-7)6-13-4-5-14-10(12)17/h13H,3-6H2,1-2H3,(H3,12,14,17). The Hall–Kier alpha value is -1.08. The maximum atomic E-state index is 10.4. The van der Waals surface area contributed by atoms with Crippen molar-refractivity contribution in [1.82, 2.24) is 20.4 Å². The van der Waals surface area contributed by atoms with Gasteiger partial charge in [0, 0.05) is 26.7 Å². The molecular weight excluding hydrogens is 286 g/mol. The van der Waals surface area contributed by atoms with E-state index in [-0.39, 0.29) is 0 Å². The number of halogens is 1. The van der Waals surface area contributed by atoms with E-state index in [1.54, 1.807) is 0 Å². The fraction of sp³-hybridized carbons (Fsp3) is 0.600. The van der Waals surface area contributed by atoms with Gasteiger partial charge in [0.15, 0.2) is 0 Å². The van der Waals surface area contributed by atoms with Crippen molar-refractivity contribution >= 4 is 22.0 Å². The molecule has 0 saturated heterocycles. The Balaban J connectivity index is 2.41. The molecule has 2 amide bonds. The minimum atomic E-state index is -0.498. The first-order valence-electron chi connectivity index (χ1n) is 5.50. The summed E-state index contributed by atoms with van der Waals surface area (Å²) in [6, 6.07) is -0.498. The lowest BCUT2D eigenvalue weighted by molar-refractivity contribution is 0.249. The van der Waals surface area contributed by atoms with Gasteiger partial charge in [-0.25, -0.2) is 4.79 Å². The SMILES string of the molecule is CCc1nn(C)c(CNCCNC(N)=O)c1Br. The van der Waals surface area contributed by atoms with Gasteiger partial charge in [0.25, 0.3) is 0 Å². The molecule has 96 valence electrons. The molecule has 4 N–H and O–H groups in total. The molecule has 1 rings (SSSR count). The number of nitrogens with one attached hydrogen (secondary N) is 2. The molecule has 0 spiro atoms. The molecule has 0 radical (unpaired) electrons. The van der Waals surface area contributed by atoms with Gasteiger partial charge in [-0.15, -0.1) is 0 Å². The van der Waals surface area contributed by atoms with Gasteiger partial charge in [-0.3, -0.25) is 4.68 Å². The lowest BCUT2D eigenvalue weighted by Gasteiger charge is -2.06. The van der Waals surface area contributed by atoms with Gasteiger partial charge in [-0.1, -0.05) is 6.92 Å². The van der Waals surface area contributed by atoms with Crippen LogP contribution in [0.3, 0.4) is 0 Å². The first-order chi connectivity index (χ1) is 8.06. The molecule has 1 aromatic heterocycles. The number of nitrogens with two attached hydrogens (primary N) is 1. The first kappa shape index (κ1) is 14.0. The van der Waals surface area contributed by atoms with Crippen molar-refractivity contribution in [3.05, 3.63) is 15.9 Å². The van der Waals surface area contributed by atoms with Gasteiger partial charge >= 0.3 is 6.03 Å². The highest BCUT2D eigenvalue weighted by Crippen LogP contribution is 2.21. The maximum Gasteiger partial charge on any atom is 0.312 e. The number of nitrogens with zero attached hydrogens (tertiary/aromatic N) is 2. The number of hydrogen-bond donors (Lipinski definition) is 3. The third-order valence-corrected chi connectivity index (χ3v) is 3.31. The number of aromatic nitrogens is 2. The van der Waals surface area contributed by atoms with Crippen LogP contribution < -0.4 is 16.4 Å². The predicted octanol–water partition coefficient (Wildman–Crippen LogP) is 0.503. The van der Waals surface area contributed by atoms with Crippen LogP contribution >= 0.6 is 15.9 Å². The number of urea groups is 1. The smallest absolute Gasteiger partial charge is 0.312 e. The quantitative estimate of drug-likeness (QED) is 0.669. The Morgan fingerprint density at radius 2 is 2.24 bits per heavy atom. The van der Waals surface area contributed by atoms with Crippen molar-refractivity contribution in [2.45, 2.75) is 19.9 Å². The molecule has 0 bridgehead atoms. The summed E-state index contributed by atoms with van der Waals surface area (Å²) in [5.74, 6) is 0. The monoisotopic (exact) mass is 303 g/mol. The van der Waals surface area contributed by atoms with Gasteiger partial charge in [-0.2, -0.15) is 5.10 Å². The van der Waals surface area contributed by atoms with Gasteiger partial charge in [0.05, 0.1) is 15.9 Å². The van der Waals surface area contributed by atoms with Gasteiger partial charge in [-0.05, 0) is 22.4 Å². The average molecular weight is 304 g/mol. The van der Waals surface area contributed by atoms with Crippen LogP contribution in [0.4, 0.5) is 4.79 Å². The highest BCUT2D eigenvalue weighted by Gasteiger charge is 2.11. The van der Waals surface area contributed by atoms with Crippen LogP contribution in [0.1, 0.15) is 18.3 Å². The second-order valence-electron chi connectivity index (χ2n) is 3.65. The van der Waals surface area contributed by atoms with Crippen molar-refractivity contribution in [2.75, 3.05) is 13.1 Å². The van der Waals surface area contributed by atoms with Crippen LogP contribution in [-0.2, 0) is 20.0 Å². The fourth-order valence-electron chi connectivity index (χ4n) is 1.49. The van der Waals surface area contributed by atoms with E-state index in [0.29, 0.717) is 19.6 Å². The van der Waals surface area contributed by atoms with Crippen LogP contribution in [-0.4, -0.2) is 28.9 Å². The molecule has 0 aliphatic rings. The third-order valence-electron chi connectivity index (χ3n) is 2.40. The van der Waals surface area contributed by atoms with E-state index in [1.165, 1.54) is 0 Å². The predicted molar refractivity (Wildman–Crippen MR) is 69.6 cm³/mol. The van der Waals surface area contributed by atoms with Crippen LogP contribution in [0, 0.1) is 0 Å². The first-order valence-corrected chi connectivity index (χ1v) is 6.29. The van der Waals surface area contributed by atoms with Crippen LogP contribution in [0.2, 0.25) is 0 Å². The van der Waals surface area contributed by atoms with E-state index < -0.39 is 6.03 Å². The minimum absolute atomic E-state index is 0.498. The lowest BCUT2D eigenvalue weighted by Crippen LogP contribution is -2.35. The van der Waals surface area contributed by atoms with Crippen LogP contribution in [0.15, 0.2) is 4.47 Å². The number of amides is 2. The molecule has 6 nitrogen and oxygen atoms in total. The van der Waals surface area contributed by atoms with Gasteiger partial charge < -0.3 is 16.4 Å². The Kier molecular flexibility index (Phi) is 5.43. The lowest BCUT2D eigenvalue weighted by atomic mass is 10.3. The highest BCUT2D eigenvalue weighted by atomic mass is 79.9. The molecule has 0 aromatic carbocycles. The maximum absolute atomic E-state index is 10.4. The summed E-state index contributed by atoms with van der Waals surface area (Å²) < 4.78 is 2.91. The minimum Gasteiger partial charge on any atom is -0.352 e. The Morgan fingerprint density at radius 3 is 2.76 bits per heavy atom. The number of carbonyl (C=O) groups excluding carboxylic acids is 1. The molecule has 0 aliphatic heterocycles. The number of primary amides is 1. The summed E-state index contributed by atoms with van der Waals surface area (Å²) >= 11 is 3.54. The zero-order chi connectivity index (χ0) is 12.8. The Morgan fingerprint density at radius 1 is 1.53 bits per heavy atom. The summed E-state index contributed by atoms with van der Waals surface area (Å²) in [6.45, 7) is 3.96. The van der Waals surface area contributed by atoms with Crippen molar-refractivity contribution in [2.24, 2.45) is 12.8 Å². The molecular formula is C10H18BrN5O. The topological polar surface area (TPSA) is 85.0 Å². The molecule has 17 heavy (non-hydrogen) atoms. The molecule has 0 fully saturated rings. The number of carbonyl (C=O) groups is 1. The van der Waals surface area contributed by atoms with E-state index in [1.807, 2.05) is 11.7 Å². The average Bonchev–Trinajstić information content (AvgIpc) is 2.54. The summed E-state index contributed by atoms with van der Waals surface area (Å²) in [7, 11) is 1.92. The second-order valence-corrected chi connectivity index (χ2v) is 4.45. The molecule has 1 aromatic rings. The highest BCUT2D eigenvalue weighted by molar-refractivity contribution is 9.10. The number of aryl methyl sites for hydroxylation is 2. The number of rotatable bonds is 6. The summed E-state index contributed by atoms with van der Waals surface area (Å²) in [4.78, 5) is 10.4. The molecule has 1 heterocycles. The zero-order valence-electron chi connectivity index (χ0n) is 10.1. The van der Waals surface area contributed by atoms with Crippen molar-refractivity contribution in [1.29, 1.82) is 0 Å². The third kappa shape index (κ3) is 4.01. The van der Waals surface area contributed by atoms with Gasteiger partial charge in [0.2, 0.25) is 0 Å². The van der Waals surface area contributed by atoms with Crippen molar-refractivity contribution in [3.63, 3.8) is 0 Å².